The summed E-state index contributed by atoms with van der Waals surface area (Å²) in [6, 6.07) is 4.29. The van der Waals surface area contributed by atoms with E-state index >= 15 is 0 Å². The predicted octanol–water partition coefficient (Wildman–Crippen LogP) is 6.04. The Morgan fingerprint density at radius 3 is 2.73 bits per heavy atom. The van der Waals surface area contributed by atoms with Gasteiger partial charge in [0.1, 0.15) is 17.1 Å². The Kier molecular flexibility index (Phi) is 5.64. The van der Waals surface area contributed by atoms with Crippen LogP contribution in [-0.2, 0) is 11.2 Å². The van der Waals surface area contributed by atoms with Crippen LogP contribution in [0, 0.1) is 11.8 Å². The molecule has 3 heteroatoms. The summed E-state index contributed by atoms with van der Waals surface area (Å²) in [5.74, 6) is 3.02. The molecule has 1 aliphatic heterocycles. The normalized spacial score (nSPS) is 26.4. The van der Waals surface area contributed by atoms with E-state index in [4.69, 9.17) is 9.47 Å². The van der Waals surface area contributed by atoms with Crippen molar-refractivity contribution in [2.45, 2.75) is 91.1 Å². The molecule has 0 bridgehead atoms. The highest BCUT2D eigenvalue weighted by atomic mass is 16.5. The standard InChI is InChI=1S/C23H34O3/c1-6-7-8-9-17-13-20(25-16(3)24)22-18-12-15(2)10-11-19(18)23(4,5)26-21(22)14-17/h13-15,18-19H,6-12H2,1-5H3/t15-,18-,19-/m1/s1. The van der Waals surface area contributed by atoms with Gasteiger partial charge in [-0.15, -0.1) is 0 Å². The van der Waals surface area contributed by atoms with Gasteiger partial charge >= 0.3 is 5.97 Å². The number of aryl methyl sites for hydroxylation is 1. The van der Waals surface area contributed by atoms with Gasteiger partial charge in [0, 0.05) is 18.4 Å². The summed E-state index contributed by atoms with van der Waals surface area (Å²) in [4.78, 5) is 11.8. The van der Waals surface area contributed by atoms with Crippen molar-refractivity contribution in [2.75, 3.05) is 0 Å². The maximum Gasteiger partial charge on any atom is 0.308 e. The Hall–Kier alpha value is -1.51. The second kappa shape index (κ2) is 7.62. The van der Waals surface area contributed by atoms with Gasteiger partial charge in [-0.3, -0.25) is 4.79 Å². The SMILES string of the molecule is CCCCCc1cc(OC(C)=O)c2c(c1)OC(C)(C)[C@@H]1CC[C@@H](C)C[C@@H]21. The number of ether oxygens (including phenoxy) is 2. The maximum absolute atomic E-state index is 11.8. The minimum atomic E-state index is -0.247. The van der Waals surface area contributed by atoms with E-state index in [0.717, 1.165) is 36.3 Å². The van der Waals surface area contributed by atoms with Gasteiger partial charge < -0.3 is 9.47 Å². The van der Waals surface area contributed by atoms with Crippen molar-refractivity contribution in [1.29, 1.82) is 0 Å². The van der Waals surface area contributed by atoms with E-state index in [9.17, 15) is 4.79 Å². The summed E-state index contributed by atoms with van der Waals surface area (Å²) in [5, 5.41) is 0. The van der Waals surface area contributed by atoms with Crippen LogP contribution < -0.4 is 9.47 Å². The number of carbonyl (C=O) groups is 1. The number of hydrogen-bond acceptors (Lipinski definition) is 3. The van der Waals surface area contributed by atoms with Gasteiger partial charge in [0.2, 0.25) is 0 Å². The van der Waals surface area contributed by atoms with Crippen LogP contribution in [0.1, 0.15) is 90.2 Å². The average Bonchev–Trinajstić information content (AvgIpc) is 2.53. The van der Waals surface area contributed by atoms with E-state index in [0.29, 0.717) is 17.8 Å². The molecule has 0 amide bonds. The van der Waals surface area contributed by atoms with E-state index in [2.05, 4.69) is 39.8 Å². The zero-order valence-electron chi connectivity index (χ0n) is 17.1. The van der Waals surface area contributed by atoms with Crippen LogP contribution in [-0.4, -0.2) is 11.6 Å². The average molecular weight is 359 g/mol. The summed E-state index contributed by atoms with van der Waals surface area (Å²) in [6.45, 7) is 10.5. The van der Waals surface area contributed by atoms with Crippen molar-refractivity contribution < 1.29 is 14.3 Å². The molecule has 26 heavy (non-hydrogen) atoms. The van der Waals surface area contributed by atoms with Crippen molar-refractivity contribution in [3.8, 4) is 11.5 Å². The number of benzene rings is 1. The highest BCUT2D eigenvalue weighted by Gasteiger charge is 2.47. The Labute approximate surface area is 158 Å². The summed E-state index contributed by atoms with van der Waals surface area (Å²) in [7, 11) is 0. The molecule has 0 aromatic heterocycles. The smallest absolute Gasteiger partial charge is 0.308 e. The number of fused-ring (bicyclic) bond motifs is 3. The van der Waals surface area contributed by atoms with E-state index in [1.165, 1.54) is 38.2 Å². The Balaban J connectivity index is 2.03. The molecule has 0 saturated heterocycles. The van der Waals surface area contributed by atoms with E-state index in [-0.39, 0.29) is 11.6 Å². The van der Waals surface area contributed by atoms with Gasteiger partial charge in [-0.2, -0.15) is 0 Å². The molecule has 0 unspecified atom stereocenters. The van der Waals surface area contributed by atoms with Crippen LogP contribution in [0.15, 0.2) is 12.1 Å². The van der Waals surface area contributed by atoms with E-state index in [1.54, 1.807) is 0 Å². The molecule has 2 aliphatic rings. The van der Waals surface area contributed by atoms with Gasteiger partial charge in [0.05, 0.1) is 0 Å². The van der Waals surface area contributed by atoms with Gasteiger partial charge in [-0.25, -0.2) is 0 Å². The van der Waals surface area contributed by atoms with Gasteiger partial charge in [-0.05, 0) is 69.1 Å². The second-order valence-corrected chi connectivity index (χ2v) is 8.89. The largest absolute Gasteiger partial charge is 0.487 e. The Morgan fingerprint density at radius 2 is 2.04 bits per heavy atom. The lowest BCUT2D eigenvalue weighted by Crippen LogP contribution is -2.46. The molecule has 0 spiro atoms. The fraction of sp³-hybridized carbons (Fsp3) is 0.696. The lowest BCUT2D eigenvalue weighted by atomic mass is 9.64. The highest BCUT2D eigenvalue weighted by Crippen LogP contribution is 2.55. The number of esters is 1. The predicted molar refractivity (Wildman–Crippen MR) is 105 cm³/mol. The van der Waals surface area contributed by atoms with Crippen LogP contribution in [0.2, 0.25) is 0 Å². The Morgan fingerprint density at radius 1 is 1.27 bits per heavy atom. The quantitative estimate of drug-likeness (QED) is 0.366. The van der Waals surface area contributed by atoms with Crippen LogP contribution in [0.4, 0.5) is 0 Å². The first kappa shape index (κ1) is 19.3. The number of unbranched alkanes of at least 4 members (excludes halogenated alkanes) is 2. The number of hydrogen-bond donors (Lipinski definition) is 0. The zero-order valence-corrected chi connectivity index (χ0v) is 17.1. The van der Waals surface area contributed by atoms with Crippen molar-refractivity contribution in [3.05, 3.63) is 23.3 Å². The first-order chi connectivity index (χ1) is 12.3. The van der Waals surface area contributed by atoms with Crippen molar-refractivity contribution in [2.24, 2.45) is 11.8 Å². The summed E-state index contributed by atoms with van der Waals surface area (Å²) in [6.07, 6.45) is 8.15. The highest BCUT2D eigenvalue weighted by molar-refractivity contribution is 5.71. The second-order valence-electron chi connectivity index (χ2n) is 8.89. The van der Waals surface area contributed by atoms with Crippen LogP contribution in [0.25, 0.3) is 0 Å². The molecule has 3 atom stereocenters. The van der Waals surface area contributed by atoms with Crippen molar-refractivity contribution in [3.63, 3.8) is 0 Å². The molecule has 144 valence electrons. The van der Waals surface area contributed by atoms with Crippen LogP contribution >= 0.6 is 0 Å². The molecule has 0 radical (unpaired) electrons. The molecule has 1 saturated carbocycles. The molecule has 1 fully saturated rings. The molecular formula is C23H34O3. The fourth-order valence-electron chi connectivity index (χ4n) is 4.96. The number of rotatable bonds is 5. The topological polar surface area (TPSA) is 35.5 Å². The molecule has 3 nitrogen and oxygen atoms in total. The van der Waals surface area contributed by atoms with Gasteiger partial charge in [-0.1, -0.05) is 33.1 Å². The third kappa shape index (κ3) is 3.92. The van der Waals surface area contributed by atoms with Crippen molar-refractivity contribution >= 4 is 5.97 Å². The third-order valence-corrected chi connectivity index (χ3v) is 6.24. The van der Waals surface area contributed by atoms with Gasteiger partial charge in [0.25, 0.3) is 0 Å². The summed E-state index contributed by atoms with van der Waals surface area (Å²) >= 11 is 0. The first-order valence-corrected chi connectivity index (χ1v) is 10.4. The summed E-state index contributed by atoms with van der Waals surface area (Å²) in [5.41, 5.74) is 2.18. The molecule has 1 aromatic carbocycles. The fourth-order valence-corrected chi connectivity index (χ4v) is 4.96. The Bertz CT molecular complexity index is 662. The molecular weight excluding hydrogens is 324 g/mol. The first-order valence-electron chi connectivity index (χ1n) is 10.4. The lowest BCUT2D eigenvalue weighted by molar-refractivity contribution is -0.132. The monoisotopic (exact) mass is 358 g/mol. The molecule has 1 aliphatic carbocycles. The minimum Gasteiger partial charge on any atom is -0.487 e. The van der Waals surface area contributed by atoms with Gasteiger partial charge in [0.15, 0.2) is 0 Å². The maximum atomic E-state index is 11.8. The third-order valence-electron chi connectivity index (χ3n) is 6.24. The number of carbonyl (C=O) groups excluding carboxylic acids is 1. The summed E-state index contributed by atoms with van der Waals surface area (Å²) < 4.78 is 12.2. The zero-order chi connectivity index (χ0) is 18.9. The van der Waals surface area contributed by atoms with Crippen LogP contribution in [0.5, 0.6) is 11.5 Å². The van der Waals surface area contributed by atoms with E-state index < -0.39 is 0 Å². The van der Waals surface area contributed by atoms with Crippen molar-refractivity contribution in [1.82, 2.24) is 0 Å². The van der Waals surface area contributed by atoms with E-state index in [1.807, 2.05) is 0 Å². The minimum absolute atomic E-state index is 0.173. The molecule has 1 heterocycles. The molecule has 3 rings (SSSR count). The molecule has 0 N–H and O–H groups in total. The molecule has 1 aromatic rings. The lowest BCUT2D eigenvalue weighted by Gasteiger charge is -2.49. The van der Waals surface area contributed by atoms with Crippen LogP contribution in [0.3, 0.4) is 0 Å².